The number of carbonyl (C=O) groups is 3. The first kappa shape index (κ1) is 25.1. The number of nitrogens with one attached hydrogen (secondary N) is 1. The number of imide groups is 1. The van der Waals surface area contributed by atoms with Gasteiger partial charge in [0, 0.05) is 24.4 Å². The van der Waals surface area contributed by atoms with Gasteiger partial charge in [0.25, 0.3) is 0 Å². The monoisotopic (exact) mass is 504 g/mol. The summed E-state index contributed by atoms with van der Waals surface area (Å²) in [6.07, 6.45) is 2.92. The molecule has 35 heavy (non-hydrogen) atoms. The molecule has 2 aliphatic heterocycles. The Morgan fingerprint density at radius 1 is 1.26 bits per heavy atom. The zero-order valence-corrected chi connectivity index (χ0v) is 21.2. The summed E-state index contributed by atoms with van der Waals surface area (Å²) in [6, 6.07) is 3.93. The summed E-state index contributed by atoms with van der Waals surface area (Å²) in [6.45, 7) is 8.21. The standard InChI is InChI=1S/C23H30ClN7O4/c1-15-6-5-11-31(15,20(32)19-9-10-29(19)22(34)35-23(2,3)4)21(33)25-13-16-12-17(24)7-8-18(16)30-14-26-27-28-30/h7-8,12,14-15,19H,5-6,9-11,13H2,1-4H3/p+1/t15-,19?,31?/m1/s1. The summed E-state index contributed by atoms with van der Waals surface area (Å²) in [7, 11) is 0. The van der Waals surface area contributed by atoms with Crippen LogP contribution in [0.3, 0.4) is 0 Å². The minimum absolute atomic E-state index is 0.134. The third kappa shape index (κ3) is 4.87. The third-order valence-corrected chi connectivity index (χ3v) is 6.88. The zero-order chi connectivity index (χ0) is 25.4. The number of carbonyl (C=O) groups excluding carboxylic acids is 3. The molecule has 4 amide bonds. The van der Waals surface area contributed by atoms with E-state index in [2.05, 4.69) is 20.8 Å². The van der Waals surface area contributed by atoms with Gasteiger partial charge in [-0.2, -0.15) is 4.48 Å². The van der Waals surface area contributed by atoms with Gasteiger partial charge in [-0.15, -0.1) is 5.10 Å². The van der Waals surface area contributed by atoms with Gasteiger partial charge in [-0.25, -0.2) is 19.1 Å². The number of benzene rings is 1. The molecule has 0 aliphatic carbocycles. The van der Waals surface area contributed by atoms with Crippen LogP contribution in [0.25, 0.3) is 5.69 Å². The molecule has 2 aliphatic rings. The molecule has 12 heteroatoms. The first-order valence-electron chi connectivity index (χ1n) is 11.7. The average molecular weight is 505 g/mol. The molecule has 3 atom stereocenters. The van der Waals surface area contributed by atoms with Crippen molar-refractivity contribution in [1.82, 2.24) is 30.4 Å². The van der Waals surface area contributed by atoms with Gasteiger partial charge in [-0.3, -0.25) is 4.90 Å². The van der Waals surface area contributed by atoms with Crippen molar-refractivity contribution < 1.29 is 23.6 Å². The molecular formula is C23H31ClN7O4+. The highest BCUT2D eigenvalue weighted by molar-refractivity contribution is 6.30. The van der Waals surface area contributed by atoms with E-state index in [0.29, 0.717) is 35.8 Å². The lowest BCUT2D eigenvalue weighted by atomic mass is 10.00. The van der Waals surface area contributed by atoms with E-state index in [1.54, 1.807) is 39.0 Å². The van der Waals surface area contributed by atoms with Gasteiger partial charge in [0.2, 0.25) is 0 Å². The van der Waals surface area contributed by atoms with Crippen LogP contribution in [0.15, 0.2) is 24.5 Å². The molecule has 4 rings (SSSR count). The van der Waals surface area contributed by atoms with Crippen molar-refractivity contribution >= 4 is 29.6 Å². The lowest BCUT2D eigenvalue weighted by Crippen LogP contribution is -2.70. The fourth-order valence-corrected chi connectivity index (χ4v) is 4.95. The first-order valence-corrected chi connectivity index (χ1v) is 12.1. The number of ether oxygens (including phenoxy) is 1. The van der Waals surface area contributed by atoms with Crippen LogP contribution >= 0.6 is 11.6 Å². The lowest BCUT2D eigenvalue weighted by molar-refractivity contribution is -0.786. The Morgan fingerprint density at radius 3 is 2.60 bits per heavy atom. The summed E-state index contributed by atoms with van der Waals surface area (Å²) in [5.74, 6) is -0.267. The number of nitrogens with zero attached hydrogens (tertiary/aromatic N) is 6. The summed E-state index contributed by atoms with van der Waals surface area (Å²) in [5.41, 5.74) is 0.704. The molecule has 1 N–H and O–H groups in total. The number of hydrogen-bond acceptors (Lipinski definition) is 7. The van der Waals surface area contributed by atoms with Crippen molar-refractivity contribution in [3.63, 3.8) is 0 Å². The van der Waals surface area contributed by atoms with Crippen LogP contribution < -0.4 is 5.32 Å². The number of aromatic nitrogens is 4. The summed E-state index contributed by atoms with van der Waals surface area (Å²) < 4.78 is 6.61. The quantitative estimate of drug-likeness (QED) is 0.635. The van der Waals surface area contributed by atoms with Crippen LogP contribution in [-0.4, -0.2) is 78.4 Å². The van der Waals surface area contributed by atoms with Crippen molar-refractivity contribution in [2.24, 2.45) is 0 Å². The Balaban J connectivity index is 1.54. The average Bonchev–Trinajstić information content (AvgIpc) is 3.40. The molecule has 11 nitrogen and oxygen atoms in total. The van der Waals surface area contributed by atoms with E-state index in [1.165, 1.54) is 15.9 Å². The Morgan fingerprint density at radius 2 is 2.03 bits per heavy atom. The van der Waals surface area contributed by atoms with Crippen LogP contribution in [0.5, 0.6) is 0 Å². The highest BCUT2D eigenvalue weighted by Gasteiger charge is 2.58. The highest BCUT2D eigenvalue weighted by atomic mass is 35.5. The molecule has 188 valence electrons. The second-order valence-electron chi connectivity index (χ2n) is 10.1. The largest absolute Gasteiger partial charge is 0.444 e. The number of quaternary nitrogens is 1. The fraction of sp³-hybridized carbons (Fsp3) is 0.565. The van der Waals surface area contributed by atoms with E-state index in [0.717, 1.165) is 12.8 Å². The van der Waals surface area contributed by atoms with Crippen molar-refractivity contribution in [2.45, 2.75) is 71.2 Å². The van der Waals surface area contributed by atoms with E-state index in [-0.39, 0.29) is 23.0 Å². The third-order valence-electron chi connectivity index (χ3n) is 6.64. The predicted molar refractivity (Wildman–Crippen MR) is 127 cm³/mol. The Labute approximate surface area is 208 Å². The van der Waals surface area contributed by atoms with E-state index in [9.17, 15) is 14.4 Å². The summed E-state index contributed by atoms with van der Waals surface area (Å²) in [5, 5.41) is 14.7. The number of amides is 4. The van der Waals surface area contributed by atoms with E-state index < -0.39 is 23.8 Å². The molecule has 0 radical (unpaired) electrons. The van der Waals surface area contributed by atoms with Crippen LogP contribution in [0.2, 0.25) is 5.02 Å². The molecule has 2 unspecified atom stereocenters. The Hall–Kier alpha value is -3.05. The normalized spacial score (nSPS) is 24.1. The van der Waals surface area contributed by atoms with Crippen molar-refractivity contribution in [1.29, 1.82) is 0 Å². The second kappa shape index (κ2) is 9.54. The van der Waals surface area contributed by atoms with Gasteiger partial charge in [-0.05, 0) is 68.3 Å². The van der Waals surface area contributed by atoms with E-state index in [1.807, 2.05) is 6.92 Å². The van der Waals surface area contributed by atoms with E-state index in [4.69, 9.17) is 16.3 Å². The maximum Gasteiger partial charge on any atom is 0.424 e. The molecule has 2 saturated heterocycles. The highest BCUT2D eigenvalue weighted by Crippen LogP contribution is 2.34. The molecule has 1 aromatic heterocycles. The fourth-order valence-electron chi connectivity index (χ4n) is 4.76. The smallest absolute Gasteiger partial charge is 0.424 e. The molecule has 2 fully saturated rings. The second-order valence-corrected chi connectivity index (χ2v) is 10.5. The van der Waals surface area contributed by atoms with Crippen molar-refractivity contribution in [3.8, 4) is 5.69 Å². The SMILES string of the molecule is C[C@@H]1CCC[N+]1(C(=O)NCc1cc(Cl)ccc1-n1cnnn1)C(=O)C1CCN1C(=O)OC(C)(C)C. The molecule has 3 heterocycles. The number of tetrazole rings is 1. The minimum Gasteiger partial charge on any atom is -0.444 e. The molecule has 0 bridgehead atoms. The van der Waals surface area contributed by atoms with Gasteiger partial charge in [-0.1, -0.05) is 11.6 Å². The van der Waals surface area contributed by atoms with Gasteiger partial charge in [0.05, 0.1) is 18.8 Å². The molecule has 0 spiro atoms. The van der Waals surface area contributed by atoms with Crippen LogP contribution in [-0.2, 0) is 16.1 Å². The first-order chi connectivity index (χ1) is 16.5. The van der Waals surface area contributed by atoms with E-state index >= 15 is 0 Å². The number of halogens is 1. The van der Waals surface area contributed by atoms with Gasteiger partial charge < -0.3 is 10.1 Å². The van der Waals surface area contributed by atoms with Crippen molar-refractivity contribution in [2.75, 3.05) is 13.1 Å². The van der Waals surface area contributed by atoms with Gasteiger partial charge >= 0.3 is 18.0 Å². The Kier molecular flexibility index (Phi) is 6.83. The molecule has 2 aromatic rings. The van der Waals surface area contributed by atoms with Gasteiger partial charge in [0.15, 0.2) is 6.04 Å². The minimum atomic E-state index is -0.681. The van der Waals surface area contributed by atoms with Gasteiger partial charge in [0.1, 0.15) is 18.0 Å². The molecule has 1 aromatic carbocycles. The number of urea groups is 1. The summed E-state index contributed by atoms with van der Waals surface area (Å²) >= 11 is 6.20. The maximum atomic E-state index is 13.8. The molecule has 0 saturated carbocycles. The van der Waals surface area contributed by atoms with Crippen molar-refractivity contribution in [3.05, 3.63) is 35.1 Å². The zero-order valence-electron chi connectivity index (χ0n) is 20.4. The summed E-state index contributed by atoms with van der Waals surface area (Å²) in [4.78, 5) is 41.5. The topological polar surface area (TPSA) is 119 Å². The van der Waals surface area contributed by atoms with Crippen LogP contribution in [0.4, 0.5) is 9.59 Å². The lowest BCUT2D eigenvalue weighted by Gasteiger charge is -2.44. The Bertz CT molecular complexity index is 1120. The maximum absolute atomic E-state index is 13.8. The number of likely N-dealkylation sites (tertiary alicyclic amines) is 2. The molecular weight excluding hydrogens is 474 g/mol. The number of rotatable bonds is 4. The van der Waals surface area contributed by atoms with Crippen LogP contribution in [0, 0.1) is 0 Å². The number of hydrogen-bond donors (Lipinski definition) is 1. The predicted octanol–water partition coefficient (Wildman–Crippen LogP) is 3.06. The van der Waals surface area contributed by atoms with Crippen LogP contribution in [0.1, 0.15) is 52.5 Å².